The SMILES string of the molecule is O=C(Cc1csc(-c2ccccc2Cl)n1)NCCc1ccccc1C(F)(F)F. The second kappa shape index (κ2) is 8.75. The lowest BCUT2D eigenvalue weighted by molar-refractivity contribution is -0.138. The molecule has 1 amide bonds. The molecule has 0 radical (unpaired) electrons. The molecule has 0 unspecified atom stereocenters. The molecule has 1 heterocycles. The molecule has 0 bridgehead atoms. The molecule has 0 aliphatic carbocycles. The predicted octanol–water partition coefficient (Wildman–Crippen LogP) is 5.38. The molecule has 1 aromatic heterocycles. The molecule has 0 aliphatic rings. The topological polar surface area (TPSA) is 42.0 Å². The van der Waals surface area contributed by atoms with Gasteiger partial charge in [-0.15, -0.1) is 11.3 Å². The van der Waals surface area contributed by atoms with E-state index in [0.29, 0.717) is 15.7 Å². The average molecular weight is 425 g/mol. The third-order valence-electron chi connectivity index (χ3n) is 4.04. The Kier molecular flexibility index (Phi) is 6.36. The van der Waals surface area contributed by atoms with Crippen molar-refractivity contribution in [3.05, 3.63) is 75.8 Å². The Bertz CT molecular complexity index is 972. The number of amides is 1. The van der Waals surface area contributed by atoms with Crippen molar-refractivity contribution >= 4 is 28.8 Å². The summed E-state index contributed by atoms with van der Waals surface area (Å²) in [5.41, 5.74) is 0.871. The Morgan fingerprint density at radius 1 is 1.11 bits per heavy atom. The van der Waals surface area contributed by atoms with Crippen molar-refractivity contribution in [1.29, 1.82) is 0 Å². The first-order valence-electron chi connectivity index (χ1n) is 8.45. The highest BCUT2D eigenvalue weighted by molar-refractivity contribution is 7.13. The third kappa shape index (κ3) is 5.11. The second-order valence-corrected chi connectivity index (χ2v) is 7.32. The van der Waals surface area contributed by atoms with E-state index < -0.39 is 11.7 Å². The smallest absolute Gasteiger partial charge is 0.355 e. The van der Waals surface area contributed by atoms with Crippen LogP contribution >= 0.6 is 22.9 Å². The highest BCUT2D eigenvalue weighted by Gasteiger charge is 2.32. The van der Waals surface area contributed by atoms with Gasteiger partial charge in [0.25, 0.3) is 0 Å². The van der Waals surface area contributed by atoms with Crippen LogP contribution in [0.3, 0.4) is 0 Å². The van der Waals surface area contributed by atoms with Crippen LogP contribution in [0.2, 0.25) is 5.02 Å². The summed E-state index contributed by atoms with van der Waals surface area (Å²) in [4.78, 5) is 16.5. The quantitative estimate of drug-likeness (QED) is 0.577. The van der Waals surface area contributed by atoms with Gasteiger partial charge in [0.05, 0.1) is 22.7 Å². The van der Waals surface area contributed by atoms with Crippen LogP contribution in [0.5, 0.6) is 0 Å². The van der Waals surface area contributed by atoms with E-state index >= 15 is 0 Å². The summed E-state index contributed by atoms with van der Waals surface area (Å²) < 4.78 is 39.0. The Morgan fingerprint density at radius 3 is 2.57 bits per heavy atom. The molecule has 3 aromatic rings. The van der Waals surface area contributed by atoms with E-state index in [1.807, 2.05) is 18.2 Å². The molecule has 0 atom stereocenters. The summed E-state index contributed by atoms with van der Waals surface area (Å²) in [5, 5.41) is 5.72. The molecule has 146 valence electrons. The normalized spacial score (nSPS) is 11.4. The Balaban J connectivity index is 1.56. The number of aromatic nitrogens is 1. The first-order valence-corrected chi connectivity index (χ1v) is 9.71. The molecule has 2 aromatic carbocycles. The molecule has 0 saturated carbocycles. The van der Waals surface area contributed by atoms with Crippen molar-refractivity contribution in [2.45, 2.75) is 19.0 Å². The average Bonchev–Trinajstić information content (AvgIpc) is 3.10. The van der Waals surface area contributed by atoms with Gasteiger partial charge in [0.15, 0.2) is 0 Å². The highest BCUT2D eigenvalue weighted by Crippen LogP contribution is 2.32. The van der Waals surface area contributed by atoms with Gasteiger partial charge in [-0.25, -0.2) is 4.98 Å². The van der Waals surface area contributed by atoms with Gasteiger partial charge in [-0.3, -0.25) is 4.79 Å². The molecule has 0 aliphatic heterocycles. The van der Waals surface area contributed by atoms with Gasteiger partial charge in [0.2, 0.25) is 5.91 Å². The van der Waals surface area contributed by atoms with Crippen molar-refractivity contribution in [3.63, 3.8) is 0 Å². The molecule has 3 rings (SSSR count). The molecule has 0 saturated heterocycles. The summed E-state index contributed by atoms with van der Waals surface area (Å²) >= 11 is 7.54. The largest absolute Gasteiger partial charge is 0.416 e. The van der Waals surface area contributed by atoms with E-state index in [-0.39, 0.29) is 30.9 Å². The van der Waals surface area contributed by atoms with Gasteiger partial charge >= 0.3 is 6.18 Å². The molecular weight excluding hydrogens is 409 g/mol. The number of rotatable bonds is 6. The van der Waals surface area contributed by atoms with Gasteiger partial charge in [-0.2, -0.15) is 13.2 Å². The van der Waals surface area contributed by atoms with Crippen molar-refractivity contribution in [2.75, 3.05) is 6.54 Å². The van der Waals surface area contributed by atoms with Gasteiger partial charge in [-0.1, -0.05) is 48.0 Å². The van der Waals surface area contributed by atoms with E-state index in [1.165, 1.54) is 23.5 Å². The minimum absolute atomic E-state index is 0.0574. The summed E-state index contributed by atoms with van der Waals surface area (Å²) in [6.07, 6.45) is -4.25. The number of benzene rings is 2. The van der Waals surface area contributed by atoms with Crippen molar-refractivity contribution < 1.29 is 18.0 Å². The van der Waals surface area contributed by atoms with Gasteiger partial charge in [0.1, 0.15) is 5.01 Å². The van der Waals surface area contributed by atoms with Crippen LogP contribution in [0, 0.1) is 0 Å². The lowest BCUT2D eigenvalue weighted by Crippen LogP contribution is -2.27. The number of nitrogens with zero attached hydrogens (tertiary/aromatic N) is 1. The fourth-order valence-electron chi connectivity index (χ4n) is 2.72. The van der Waals surface area contributed by atoms with E-state index in [2.05, 4.69) is 10.3 Å². The zero-order chi connectivity index (χ0) is 20.1. The molecule has 28 heavy (non-hydrogen) atoms. The molecular formula is C20H16ClF3N2OS. The third-order valence-corrected chi connectivity index (χ3v) is 5.29. The maximum Gasteiger partial charge on any atom is 0.416 e. The summed E-state index contributed by atoms with van der Waals surface area (Å²) in [6.45, 7) is 0.118. The number of hydrogen-bond donors (Lipinski definition) is 1. The van der Waals surface area contributed by atoms with Crippen LogP contribution in [-0.2, 0) is 23.8 Å². The Morgan fingerprint density at radius 2 is 1.82 bits per heavy atom. The highest BCUT2D eigenvalue weighted by atomic mass is 35.5. The lowest BCUT2D eigenvalue weighted by Gasteiger charge is -2.12. The summed E-state index contributed by atoms with van der Waals surface area (Å²) in [7, 11) is 0. The van der Waals surface area contributed by atoms with E-state index in [0.717, 1.165) is 11.6 Å². The van der Waals surface area contributed by atoms with Gasteiger partial charge in [0, 0.05) is 17.5 Å². The van der Waals surface area contributed by atoms with Crippen molar-refractivity contribution in [1.82, 2.24) is 10.3 Å². The minimum atomic E-state index is -4.41. The fourth-order valence-corrected chi connectivity index (χ4v) is 3.86. The van der Waals surface area contributed by atoms with E-state index in [1.54, 1.807) is 17.5 Å². The van der Waals surface area contributed by atoms with E-state index in [4.69, 9.17) is 11.6 Å². The van der Waals surface area contributed by atoms with Crippen LogP contribution < -0.4 is 5.32 Å². The lowest BCUT2D eigenvalue weighted by atomic mass is 10.0. The first-order chi connectivity index (χ1) is 13.3. The number of thiazole rings is 1. The number of halogens is 4. The van der Waals surface area contributed by atoms with Crippen LogP contribution in [0.15, 0.2) is 53.9 Å². The molecule has 8 heteroatoms. The van der Waals surface area contributed by atoms with Crippen molar-refractivity contribution in [3.8, 4) is 10.6 Å². The number of carbonyl (C=O) groups excluding carboxylic acids is 1. The van der Waals surface area contributed by atoms with Crippen LogP contribution in [0.4, 0.5) is 13.2 Å². The molecule has 0 fully saturated rings. The summed E-state index contributed by atoms with van der Waals surface area (Å²) in [5.74, 6) is -0.291. The minimum Gasteiger partial charge on any atom is -0.355 e. The maximum atomic E-state index is 13.0. The monoisotopic (exact) mass is 424 g/mol. The number of alkyl halides is 3. The predicted molar refractivity (Wildman–Crippen MR) is 104 cm³/mol. The number of nitrogens with one attached hydrogen (secondary N) is 1. The van der Waals surface area contributed by atoms with E-state index in [9.17, 15) is 18.0 Å². The molecule has 3 nitrogen and oxygen atoms in total. The molecule has 1 N–H and O–H groups in total. The second-order valence-electron chi connectivity index (χ2n) is 6.06. The molecule has 0 spiro atoms. The van der Waals surface area contributed by atoms with Crippen molar-refractivity contribution in [2.24, 2.45) is 0 Å². The number of hydrogen-bond acceptors (Lipinski definition) is 3. The van der Waals surface area contributed by atoms with Crippen LogP contribution in [0.25, 0.3) is 10.6 Å². The van der Waals surface area contributed by atoms with Crippen LogP contribution in [0.1, 0.15) is 16.8 Å². The standard InChI is InChI=1S/C20H16ClF3N2OS/c21-17-8-4-2-6-15(17)19-26-14(12-28-19)11-18(27)25-10-9-13-5-1-3-7-16(13)20(22,23)24/h1-8,12H,9-11H2,(H,25,27). The Labute approximate surface area is 169 Å². The number of carbonyl (C=O) groups is 1. The van der Waals surface area contributed by atoms with Crippen LogP contribution in [-0.4, -0.2) is 17.4 Å². The zero-order valence-electron chi connectivity index (χ0n) is 14.6. The maximum absolute atomic E-state index is 13.0. The van der Waals surface area contributed by atoms with Gasteiger partial charge < -0.3 is 5.32 Å². The zero-order valence-corrected chi connectivity index (χ0v) is 16.2. The fraction of sp³-hybridized carbons (Fsp3) is 0.200. The first kappa shape index (κ1) is 20.4. The Hall–Kier alpha value is -2.38. The summed E-state index contributed by atoms with van der Waals surface area (Å²) in [6, 6.07) is 12.7. The van der Waals surface area contributed by atoms with Gasteiger partial charge in [-0.05, 0) is 24.1 Å².